The highest BCUT2D eigenvalue weighted by molar-refractivity contribution is 7.96. The number of anilines is 3. The molecule has 1 fully saturated rings. The van der Waals surface area contributed by atoms with E-state index >= 15 is 0 Å². The number of pyridine rings is 1. The van der Waals surface area contributed by atoms with Gasteiger partial charge in [0.05, 0.1) is 17.6 Å². The number of hydrogen-bond acceptors (Lipinski definition) is 7. The molecule has 5 rings (SSSR count). The smallest absolute Gasteiger partial charge is 0.130 e. The predicted octanol–water partition coefficient (Wildman–Crippen LogP) is 3.56. The van der Waals surface area contributed by atoms with Crippen LogP contribution in [0.5, 0.6) is 0 Å². The van der Waals surface area contributed by atoms with Gasteiger partial charge in [0.25, 0.3) is 0 Å². The summed E-state index contributed by atoms with van der Waals surface area (Å²) < 4.78 is 4.22. The van der Waals surface area contributed by atoms with E-state index in [1.165, 1.54) is 5.56 Å². The predicted molar refractivity (Wildman–Crippen MR) is 125 cm³/mol. The summed E-state index contributed by atoms with van der Waals surface area (Å²) in [4.78, 5) is 7.00. The standard InChI is InChI=1S/C22H25N7S/c1-26-16-19(15-25-26)18-4-3-17-5-8-24-29(21(17)13-18)20-6-7-23-22(14-20)27-9-11-28(30-2)12-10-27/h3-4,6-8,13-16H,5,9-12H2,1-2H3. The van der Waals surface area contributed by atoms with Crippen molar-refractivity contribution < 1.29 is 0 Å². The maximum atomic E-state index is 4.72. The van der Waals surface area contributed by atoms with Gasteiger partial charge in [0.2, 0.25) is 0 Å². The third-order valence-corrected chi connectivity index (χ3v) is 6.54. The molecule has 4 heterocycles. The van der Waals surface area contributed by atoms with E-state index in [0.717, 1.165) is 60.9 Å². The minimum absolute atomic E-state index is 0.841. The van der Waals surface area contributed by atoms with Gasteiger partial charge in [-0.1, -0.05) is 24.1 Å². The summed E-state index contributed by atoms with van der Waals surface area (Å²) in [6.45, 7) is 4.07. The van der Waals surface area contributed by atoms with Crippen molar-refractivity contribution >= 4 is 35.4 Å². The van der Waals surface area contributed by atoms with E-state index in [0.29, 0.717) is 0 Å². The number of aromatic nitrogens is 3. The molecule has 3 aromatic rings. The van der Waals surface area contributed by atoms with E-state index in [2.05, 4.69) is 49.8 Å². The highest BCUT2D eigenvalue weighted by Crippen LogP contribution is 2.36. The number of hydrogen-bond donors (Lipinski definition) is 0. The zero-order chi connectivity index (χ0) is 20.5. The molecule has 2 aliphatic heterocycles. The SMILES string of the molecule is CSN1CCN(c2cc(N3N=CCc4ccc(-c5cnn(C)c5)cc43)ccn2)CC1. The Morgan fingerprint density at radius 1 is 1.00 bits per heavy atom. The van der Waals surface area contributed by atoms with Gasteiger partial charge in [0.1, 0.15) is 5.82 Å². The lowest BCUT2D eigenvalue weighted by Crippen LogP contribution is -2.43. The van der Waals surface area contributed by atoms with Crippen LogP contribution in [0, 0.1) is 0 Å². The average molecular weight is 420 g/mol. The first-order chi connectivity index (χ1) is 14.7. The van der Waals surface area contributed by atoms with Crippen LogP contribution < -0.4 is 9.91 Å². The molecule has 7 nitrogen and oxygen atoms in total. The van der Waals surface area contributed by atoms with E-state index in [1.54, 1.807) is 0 Å². The Hall–Kier alpha value is -2.84. The molecule has 8 heteroatoms. The van der Waals surface area contributed by atoms with Gasteiger partial charge in [-0.05, 0) is 29.5 Å². The summed E-state index contributed by atoms with van der Waals surface area (Å²) in [6.07, 6.45) is 10.8. The van der Waals surface area contributed by atoms with Crippen LogP contribution in [0.1, 0.15) is 5.56 Å². The van der Waals surface area contributed by atoms with Gasteiger partial charge in [-0.2, -0.15) is 10.2 Å². The molecule has 0 bridgehead atoms. The van der Waals surface area contributed by atoms with Crippen LogP contribution in [0.4, 0.5) is 17.2 Å². The number of fused-ring (bicyclic) bond motifs is 1. The van der Waals surface area contributed by atoms with E-state index in [9.17, 15) is 0 Å². The van der Waals surface area contributed by atoms with Gasteiger partial charge < -0.3 is 4.90 Å². The van der Waals surface area contributed by atoms with Gasteiger partial charge in [0.15, 0.2) is 0 Å². The monoisotopic (exact) mass is 419 g/mol. The molecule has 0 radical (unpaired) electrons. The minimum Gasteiger partial charge on any atom is -0.354 e. The van der Waals surface area contributed by atoms with Crippen LogP contribution in [0.15, 0.2) is 54.0 Å². The molecule has 1 aromatic carbocycles. The van der Waals surface area contributed by atoms with Crippen molar-refractivity contribution in [1.29, 1.82) is 0 Å². The highest BCUT2D eigenvalue weighted by atomic mass is 32.2. The summed E-state index contributed by atoms with van der Waals surface area (Å²) in [5.41, 5.74) is 5.67. The summed E-state index contributed by atoms with van der Waals surface area (Å²) in [7, 11) is 1.94. The minimum atomic E-state index is 0.841. The normalized spacial score (nSPS) is 16.7. The zero-order valence-corrected chi connectivity index (χ0v) is 18.1. The molecule has 1 saturated heterocycles. The van der Waals surface area contributed by atoms with Crippen molar-refractivity contribution in [2.24, 2.45) is 12.1 Å². The first-order valence-corrected chi connectivity index (χ1v) is 11.3. The van der Waals surface area contributed by atoms with E-state index in [-0.39, 0.29) is 0 Å². The summed E-state index contributed by atoms with van der Waals surface area (Å²) >= 11 is 1.82. The second-order valence-electron chi connectivity index (χ2n) is 7.53. The average Bonchev–Trinajstić information content (AvgIpc) is 3.25. The number of hydrazone groups is 1. The number of piperazine rings is 1. The third kappa shape index (κ3) is 3.68. The number of aryl methyl sites for hydroxylation is 1. The fraction of sp³-hybridized carbons (Fsp3) is 0.318. The lowest BCUT2D eigenvalue weighted by molar-refractivity contribution is 0.429. The molecule has 2 aliphatic rings. The molecular formula is C22H25N7S. The highest BCUT2D eigenvalue weighted by Gasteiger charge is 2.21. The first kappa shape index (κ1) is 19.1. The molecule has 154 valence electrons. The molecule has 0 amide bonds. The summed E-state index contributed by atoms with van der Waals surface area (Å²) in [5, 5.41) is 11.1. The zero-order valence-electron chi connectivity index (χ0n) is 17.3. The largest absolute Gasteiger partial charge is 0.354 e. The quantitative estimate of drug-likeness (QED) is 0.603. The Morgan fingerprint density at radius 3 is 2.63 bits per heavy atom. The molecule has 0 N–H and O–H groups in total. The Balaban J connectivity index is 1.45. The third-order valence-electron chi connectivity index (χ3n) is 5.65. The summed E-state index contributed by atoms with van der Waals surface area (Å²) in [6, 6.07) is 10.7. The van der Waals surface area contributed by atoms with Crippen molar-refractivity contribution in [3.63, 3.8) is 0 Å². The fourth-order valence-electron chi connectivity index (χ4n) is 3.98. The first-order valence-electron chi connectivity index (χ1n) is 10.2. The molecule has 2 aromatic heterocycles. The molecule has 30 heavy (non-hydrogen) atoms. The number of rotatable bonds is 4. The van der Waals surface area contributed by atoms with Gasteiger partial charge >= 0.3 is 0 Å². The van der Waals surface area contributed by atoms with Crippen LogP contribution in [0.3, 0.4) is 0 Å². The topological polar surface area (TPSA) is 52.8 Å². The summed E-state index contributed by atoms with van der Waals surface area (Å²) in [5.74, 6) is 1.01. The van der Waals surface area contributed by atoms with Crippen molar-refractivity contribution in [2.75, 3.05) is 42.3 Å². The van der Waals surface area contributed by atoms with E-state index < -0.39 is 0 Å². The van der Waals surface area contributed by atoms with Crippen molar-refractivity contribution in [3.05, 3.63) is 54.5 Å². The molecule has 0 aliphatic carbocycles. The van der Waals surface area contributed by atoms with Crippen LogP contribution >= 0.6 is 11.9 Å². The van der Waals surface area contributed by atoms with Crippen molar-refractivity contribution in [3.8, 4) is 11.1 Å². The maximum Gasteiger partial charge on any atom is 0.130 e. The van der Waals surface area contributed by atoms with Crippen LogP contribution in [-0.2, 0) is 13.5 Å². The van der Waals surface area contributed by atoms with Crippen LogP contribution in [0.2, 0.25) is 0 Å². The van der Waals surface area contributed by atoms with Gasteiger partial charge in [-0.25, -0.2) is 14.3 Å². The Morgan fingerprint density at radius 2 is 1.87 bits per heavy atom. The van der Waals surface area contributed by atoms with Gasteiger partial charge in [-0.15, -0.1) is 0 Å². The number of benzene rings is 1. The second-order valence-corrected chi connectivity index (χ2v) is 8.41. The Kier molecular flexibility index (Phi) is 5.18. The van der Waals surface area contributed by atoms with Crippen molar-refractivity contribution in [1.82, 2.24) is 19.1 Å². The molecular weight excluding hydrogens is 394 g/mol. The number of nitrogens with zero attached hydrogens (tertiary/aromatic N) is 7. The second kappa shape index (κ2) is 8.12. The van der Waals surface area contributed by atoms with Crippen molar-refractivity contribution in [2.45, 2.75) is 6.42 Å². The van der Waals surface area contributed by atoms with Gasteiger partial charge in [0, 0.05) is 69.9 Å². The fourth-order valence-corrected chi connectivity index (χ4v) is 4.51. The van der Waals surface area contributed by atoms with E-state index in [4.69, 9.17) is 5.10 Å². The molecule has 0 saturated carbocycles. The van der Waals surface area contributed by atoms with E-state index in [1.807, 2.05) is 59.6 Å². The Labute approximate surface area is 181 Å². The molecule has 0 atom stereocenters. The molecule has 0 unspecified atom stereocenters. The lowest BCUT2D eigenvalue weighted by Gasteiger charge is -2.34. The van der Waals surface area contributed by atoms with Gasteiger partial charge in [-0.3, -0.25) is 4.68 Å². The van der Waals surface area contributed by atoms with Crippen LogP contribution in [-0.4, -0.2) is 57.7 Å². The Bertz CT molecular complexity index is 1070. The molecule has 0 spiro atoms. The van der Waals surface area contributed by atoms with Crippen LogP contribution in [0.25, 0.3) is 11.1 Å². The lowest BCUT2D eigenvalue weighted by atomic mass is 10.0. The maximum absolute atomic E-state index is 4.72.